The van der Waals surface area contributed by atoms with Crippen LogP contribution in [-0.4, -0.2) is 111 Å². The molecule has 0 spiro atoms. The number of imidazole rings is 1. The number of fused-ring (bicyclic) bond motifs is 1. The smallest absolute Gasteiger partial charge is 0.328 e. The van der Waals surface area contributed by atoms with Crippen molar-refractivity contribution in [1.29, 1.82) is 0 Å². The number of aromatic amines is 1. The Morgan fingerprint density at radius 1 is 1.02 bits per heavy atom. The number of piperidine rings is 1. The fraction of sp³-hybridized carbons (Fsp3) is 0.455. The molecule has 252 valence electrons. The van der Waals surface area contributed by atoms with E-state index < -0.39 is 11.6 Å². The number of hydrogen-bond donors (Lipinski definition) is 4. The molecule has 4 aromatic rings. The molecule has 2 aromatic carbocycles. The minimum atomic E-state index is -0.877. The number of aromatic nitrogens is 4. The molecule has 1 fully saturated rings. The van der Waals surface area contributed by atoms with Crippen LogP contribution in [0, 0.1) is 0 Å². The van der Waals surface area contributed by atoms with Gasteiger partial charge in [0.1, 0.15) is 24.5 Å². The number of aliphatic hydroxyl groups is 1. The van der Waals surface area contributed by atoms with Crippen LogP contribution in [0.5, 0.6) is 11.8 Å². The summed E-state index contributed by atoms with van der Waals surface area (Å²) in [5, 5.41) is 20.3. The second kappa shape index (κ2) is 15.4. The van der Waals surface area contributed by atoms with Crippen molar-refractivity contribution in [2.75, 3.05) is 65.9 Å². The van der Waals surface area contributed by atoms with Gasteiger partial charge < -0.3 is 40.0 Å². The van der Waals surface area contributed by atoms with Gasteiger partial charge in [0.25, 0.3) is 0 Å². The number of nitrogens with one attached hydrogen (secondary N) is 1. The lowest BCUT2D eigenvalue weighted by Gasteiger charge is -2.40. The van der Waals surface area contributed by atoms with E-state index in [1.165, 1.54) is 4.57 Å². The van der Waals surface area contributed by atoms with Gasteiger partial charge in [-0.1, -0.05) is 36.4 Å². The van der Waals surface area contributed by atoms with Crippen molar-refractivity contribution in [3.8, 4) is 11.8 Å². The van der Waals surface area contributed by atoms with E-state index in [-0.39, 0.29) is 30.5 Å². The quantitative estimate of drug-likeness (QED) is 0.129. The van der Waals surface area contributed by atoms with E-state index in [0.29, 0.717) is 68.2 Å². The SMILES string of the molecule is COCCOc1nc(N)c2[nH]c(=O)n(Cc3ccc(CN4CCC(O)(CN(C)CCOc5cccc(CC(=O)O)c5)CC4)cc3)c2n1. The zero-order chi connectivity index (χ0) is 33.4. The maximum atomic E-state index is 12.7. The number of methoxy groups -OCH3 is 1. The number of nitrogens with zero attached hydrogens (tertiary/aromatic N) is 5. The standard InChI is InChI=1S/C33H43N7O7/c1-38(14-15-46-26-5-3-4-25(18-26)19-27(41)42)22-33(44)10-12-39(13-11-33)20-23-6-8-24(9-7-23)21-40-30-28(35-32(40)43)29(34)36-31(37-30)47-17-16-45-2/h3-9,18,44H,10-17,19-22H2,1-2H3,(H,35,43)(H,41,42)(H2,34,36,37). The van der Waals surface area contributed by atoms with Crippen LogP contribution in [-0.2, 0) is 29.0 Å². The molecule has 0 bridgehead atoms. The summed E-state index contributed by atoms with van der Waals surface area (Å²) in [7, 11) is 3.54. The first-order chi connectivity index (χ1) is 22.6. The van der Waals surface area contributed by atoms with Gasteiger partial charge in [-0.3, -0.25) is 14.3 Å². The van der Waals surface area contributed by atoms with Crippen LogP contribution in [0.4, 0.5) is 5.82 Å². The molecule has 0 aliphatic carbocycles. The second-order valence-corrected chi connectivity index (χ2v) is 12.1. The van der Waals surface area contributed by atoms with E-state index in [9.17, 15) is 14.7 Å². The topological polar surface area (TPSA) is 181 Å². The first kappa shape index (κ1) is 33.9. The van der Waals surface area contributed by atoms with Crippen LogP contribution in [0.15, 0.2) is 53.3 Å². The Hall–Kier alpha value is -4.50. The van der Waals surface area contributed by atoms with Gasteiger partial charge in [-0.25, -0.2) is 4.79 Å². The largest absolute Gasteiger partial charge is 0.492 e. The number of likely N-dealkylation sites (N-methyl/N-ethyl adjacent to an activating group) is 1. The van der Waals surface area contributed by atoms with Crippen LogP contribution >= 0.6 is 0 Å². The van der Waals surface area contributed by atoms with E-state index in [1.807, 2.05) is 25.2 Å². The van der Waals surface area contributed by atoms with Gasteiger partial charge in [0, 0.05) is 39.8 Å². The predicted octanol–water partition coefficient (Wildman–Crippen LogP) is 1.74. The van der Waals surface area contributed by atoms with Crippen molar-refractivity contribution < 1.29 is 29.2 Å². The van der Waals surface area contributed by atoms with Crippen molar-refractivity contribution in [3.63, 3.8) is 0 Å². The second-order valence-electron chi connectivity index (χ2n) is 12.1. The molecule has 14 heteroatoms. The lowest BCUT2D eigenvalue weighted by molar-refractivity contribution is -0.136. The molecule has 0 radical (unpaired) electrons. The molecule has 1 aliphatic rings. The monoisotopic (exact) mass is 649 g/mol. The minimum absolute atomic E-state index is 0.0408. The molecule has 5 N–H and O–H groups in total. The Kier molecular flexibility index (Phi) is 11.1. The molecular weight excluding hydrogens is 606 g/mol. The highest BCUT2D eigenvalue weighted by atomic mass is 16.5. The third-order valence-corrected chi connectivity index (χ3v) is 8.27. The molecule has 14 nitrogen and oxygen atoms in total. The number of nitrogens with two attached hydrogens (primary N) is 1. The van der Waals surface area contributed by atoms with Gasteiger partial charge in [-0.15, -0.1) is 0 Å². The Morgan fingerprint density at radius 2 is 1.74 bits per heavy atom. The number of nitrogen functional groups attached to an aromatic ring is 1. The van der Waals surface area contributed by atoms with Gasteiger partial charge >= 0.3 is 17.7 Å². The number of ether oxygens (including phenoxy) is 3. The molecule has 2 aromatic heterocycles. The van der Waals surface area contributed by atoms with Crippen molar-refractivity contribution in [3.05, 3.63) is 75.7 Å². The number of likely N-dealkylation sites (tertiary alicyclic amines) is 1. The molecule has 0 amide bonds. The average Bonchev–Trinajstić information content (AvgIpc) is 3.34. The molecule has 3 heterocycles. The van der Waals surface area contributed by atoms with Crippen molar-refractivity contribution >= 4 is 23.0 Å². The molecule has 1 saturated heterocycles. The van der Waals surface area contributed by atoms with Gasteiger partial charge in [-0.2, -0.15) is 9.97 Å². The number of aliphatic carboxylic acids is 1. The first-order valence-corrected chi connectivity index (χ1v) is 15.6. The molecular formula is C33H43N7O7. The zero-order valence-corrected chi connectivity index (χ0v) is 26.9. The molecule has 0 atom stereocenters. The number of anilines is 1. The van der Waals surface area contributed by atoms with E-state index in [2.05, 4.69) is 36.9 Å². The van der Waals surface area contributed by atoms with Gasteiger partial charge in [0.2, 0.25) is 0 Å². The molecule has 1 aliphatic heterocycles. The molecule has 0 saturated carbocycles. The highest BCUT2D eigenvalue weighted by Crippen LogP contribution is 2.25. The van der Waals surface area contributed by atoms with Crippen LogP contribution in [0.3, 0.4) is 0 Å². The lowest BCUT2D eigenvalue weighted by atomic mass is 9.90. The first-order valence-electron chi connectivity index (χ1n) is 15.6. The van der Waals surface area contributed by atoms with Gasteiger partial charge in [0.05, 0.1) is 25.2 Å². The number of hydrogen-bond acceptors (Lipinski definition) is 11. The van der Waals surface area contributed by atoms with Crippen LogP contribution in [0.1, 0.15) is 29.5 Å². The normalized spacial score (nSPS) is 14.9. The molecule has 0 unspecified atom stereocenters. The summed E-state index contributed by atoms with van der Waals surface area (Å²) in [6.45, 7) is 4.87. The minimum Gasteiger partial charge on any atom is -0.492 e. The predicted molar refractivity (Wildman–Crippen MR) is 176 cm³/mol. The number of H-pyrrole nitrogens is 1. The van der Waals surface area contributed by atoms with Gasteiger partial charge in [0.15, 0.2) is 11.5 Å². The Bertz CT molecular complexity index is 1700. The number of carboxylic acid groups (broad SMARTS) is 1. The summed E-state index contributed by atoms with van der Waals surface area (Å²) in [5.74, 6) is -0.0969. The summed E-state index contributed by atoms with van der Waals surface area (Å²) in [5.41, 5.74) is 8.47. The third kappa shape index (κ3) is 9.29. The number of carbonyl (C=O) groups is 1. The maximum absolute atomic E-state index is 12.7. The highest BCUT2D eigenvalue weighted by molar-refractivity contribution is 5.82. The van der Waals surface area contributed by atoms with E-state index in [0.717, 1.165) is 30.8 Å². The highest BCUT2D eigenvalue weighted by Gasteiger charge is 2.33. The summed E-state index contributed by atoms with van der Waals surface area (Å²) >= 11 is 0. The molecule has 5 rings (SSSR count). The molecule has 47 heavy (non-hydrogen) atoms. The summed E-state index contributed by atoms with van der Waals surface area (Å²) in [6.07, 6.45) is 1.29. The fourth-order valence-corrected chi connectivity index (χ4v) is 5.76. The third-order valence-electron chi connectivity index (χ3n) is 8.27. The van der Waals surface area contributed by atoms with Crippen molar-refractivity contribution in [1.82, 2.24) is 29.3 Å². The van der Waals surface area contributed by atoms with Crippen molar-refractivity contribution in [2.45, 2.75) is 38.0 Å². The van der Waals surface area contributed by atoms with E-state index >= 15 is 0 Å². The van der Waals surface area contributed by atoms with Gasteiger partial charge in [-0.05, 0) is 48.7 Å². The summed E-state index contributed by atoms with van der Waals surface area (Å²) in [4.78, 5) is 39.4. The summed E-state index contributed by atoms with van der Waals surface area (Å²) in [6, 6.07) is 15.3. The maximum Gasteiger partial charge on any atom is 0.328 e. The fourth-order valence-electron chi connectivity index (χ4n) is 5.76. The zero-order valence-electron chi connectivity index (χ0n) is 26.9. The number of rotatable bonds is 16. The number of carboxylic acids is 1. The van der Waals surface area contributed by atoms with Crippen LogP contribution < -0.4 is 20.9 Å². The van der Waals surface area contributed by atoms with Crippen LogP contribution in [0.2, 0.25) is 0 Å². The van der Waals surface area contributed by atoms with Crippen molar-refractivity contribution in [2.24, 2.45) is 0 Å². The lowest BCUT2D eigenvalue weighted by Crippen LogP contribution is -2.50. The van der Waals surface area contributed by atoms with Crippen LogP contribution in [0.25, 0.3) is 11.2 Å². The van der Waals surface area contributed by atoms with E-state index in [1.54, 1.807) is 25.3 Å². The Morgan fingerprint density at radius 3 is 2.45 bits per heavy atom. The summed E-state index contributed by atoms with van der Waals surface area (Å²) < 4.78 is 17.9. The van der Waals surface area contributed by atoms with E-state index in [4.69, 9.17) is 25.1 Å². The number of benzene rings is 2. The Balaban J connectivity index is 1.08. The average molecular weight is 650 g/mol. The Labute approximate surface area is 272 Å².